The van der Waals surface area contributed by atoms with Gasteiger partial charge in [-0.3, -0.25) is 14.4 Å². The Hall–Kier alpha value is -2.17. The predicted octanol–water partition coefficient (Wildman–Crippen LogP) is 3.49. The Kier molecular flexibility index (Phi) is 8.32. The number of benzene rings is 1. The lowest BCUT2D eigenvalue weighted by atomic mass is 9.90. The number of carbonyl (C=O) groups is 3. The zero-order valence-corrected chi connectivity index (χ0v) is 15.5. The van der Waals surface area contributed by atoms with Gasteiger partial charge in [-0.15, -0.1) is 0 Å². The van der Waals surface area contributed by atoms with Crippen LogP contribution in [-0.4, -0.2) is 29.9 Å². The molecule has 138 valence electrons. The summed E-state index contributed by atoms with van der Waals surface area (Å²) < 4.78 is 10.2. The SMILES string of the molecule is CCOC(=O)CCC(=O)[C@@H](CC(=O)OC(C)(C)C)Cc1ccccc1. The molecule has 0 heterocycles. The molecule has 0 saturated heterocycles. The number of hydrogen-bond donors (Lipinski definition) is 0. The molecular formula is C20H28O5. The Morgan fingerprint density at radius 3 is 2.20 bits per heavy atom. The molecule has 0 fully saturated rings. The van der Waals surface area contributed by atoms with E-state index >= 15 is 0 Å². The third-order valence-corrected chi connectivity index (χ3v) is 3.49. The Bertz CT molecular complexity index is 571. The van der Waals surface area contributed by atoms with E-state index in [0.717, 1.165) is 5.56 Å². The van der Waals surface area contributed by atoms with Crippen LogP contribution < -0.4 is 0 Å². The molecule has 1 rings (SSSR count). The second-order valence-corrected chi connectivity index (χ2v) is 6.95. The van der Waals surface area contributed by atoms with E-state index in [-0.39, 0.29) is 25.0 Å². The number of ether oxygens (including phenoxy) is 2. The topological polar surface area (TPSA) is 69.7 Å². The fraction of sp³-hybridized carbons (Fsp3) is 0.550. The molecule has 1 aromatic rings. The average molecular weight is 348 g/mol. The Balaban J connectivity index is 2.74. The van der Waals surface area contributed by atoms with Gasteiger partial charge in [0.1, 0.15) is 11.4 Å². The normalized spacial score (nSPS) is 12.3. The second-order valence-electron chi connectivity index (χ2n) is 6.95. The largest absolute Gasteiger partial charge is 0.466 e. The van der Waals surface area contributed by atoms with Crippen LogP contribution >= 0.6 is 0 Å². The minimum absolute atomic E-state index is 0.00776. The molecule has 0 unspecified atom stereocenters. The van der Waals surface area contributed by atoms with Crippen molar-refractivity contribution < 1.29 is 23.9 Å². The van der Waals surface area contributed by atoms with E-state index in [0.29, 0.717) is 13.0 Å². The van der Waals surface area contributed by atoms with Gasteiger partial charge in [-0.25, -0.2) is 0 Å². The van der Waals surface area contributed by atoms with Crippen LogP contribution in [0.3, 0.4) is 0 Å². The maximum absolute atomic E-state index is 12.5. The number of esters is 2. The van der Waals surface area contributed by atoms with Crippen LogP contribution in [0.1, 0.15) is 52.5 Å². The lowest BCUT2D eigenvalue weighted by Crippen LogP contribution is -2.28. The molecule has 0 saturated carbocycles. The molecule has 25 heavy (non-hydrogen) atoms. The van der Waals surface area contributed by atoms with Crippen molar-refractivity contribution in [3.05, 3.63) is 35.9 Å². The van der Waals surface area contributed by atoms with Crippen LogP contribution in [0.5, 0.6) is 0 Å². The van der Waals surface area contributed by atoms with Gasteiger partial charge < -0.3 is 9.47 Å². The summed E-state index contributed by atoms with van der Waals surface area (Å²) in [5.41, 5.74) is 0.378. The lowest BCUT2D eigenvalue weighted by molar-refractivity contribution is -0.157. The minimum atomic E-state index is -0.595. The standard InChI is InChI=1S/C20H28O5/c1-5-24-18(22)12-11-17(21)16(13-15-9-7-6-8-10-15)14-19(23)25-20(2,3)4/h6-10,16H,5,11-14H2,1-4H3/t16-/m1/s1. The molecule has 1 atom stereocenters. The van der Waals surface area contributed by atoms with Crippen LogP contribution in [-0.2, 0) is 30.3 Å². The summed E-state index contributed by atoms with van der Waals surface area (Å²) in [5, 5.41) is 0. The van der Waals surface area contributed by atoms with Gasteiger partial charge in [0, 0.05) is 12.3 Å². The molecule has 0 aliphatic carbocycles. The van der Waals surface area contributed by atoms with Crippen LogP contribution in [0.2, 0.25) is 0 Å². The number of carbonyl (C=O) groups excluding carboxylic acids is 3. The van der Waals surface area contributed by atoms with Gasteiger partial charge >= 0.3 is 11.9 Å². The molecule has 5 heteroatoms. The molecule has 0 aromatic heterocycles. The highest BCUT2D eigenvalue weighted by Gasteiger charge is 2.26. The molecule has 0 spiro atoms. The van der Waals surface area contributed by atoms with Crippen LogP contribution in [0.4, 0.5) is 0 Å². The van der Waals surface area contributed by atoms with Gasteiger partial charge in [0.2, 0.25) is 0 Å². The second kappa shape index (κ2) is 9.97. The number of hydrogen-bond acceptors (Lipinski definition) is 5. The van der Waals surface area contributed by atoms with Crippen molar-refractivity contribution in [2.75, 3.05) is 6.61 Å². The zero-order chi connectivity index (χ0) is 18.9. The summed E-state index contributed by atoms with van der Waals surface area (Å²) in [6.07, 6.45) is 0.557. The van der Waals surface area contributed by atoms with Crippen molar-refractivity contribution in [2.24, 2.45) is 5.92 Å². The molecule has 0 aliphatic heterocycles. The van der Waals surface area contributed by atoms with Crippen LogP contribution in [0.15, 0.2) is 30.3 Å². The lowest BCUT2D eigenvalue weighted by Gasteiger charge is -2.22. The van der Waals surface area contributed by atoms with Gasteiger partial charge in [0.15, 0.2) is 0 Å². The van der Waals surface area contributed by atoms with Crippen molar-refractivity contribution in [3.8, 4) is 0 Å². The van der Waals surface area contributed by atoms with Gasteiger partial charge in [0.25, 0.3) is 0 Å². The molecule has 5 nitrogen and oxygen atoms in total. The van der Waals surface area contributed by atoms with E-state index in [1.54, 1.807) is 27.7 Å². The van der Waals surface area contributed by atoms with Crippen LogP contribution in [0, 0.1) is 5.92 Å². The summed E-state index contributed by atoms with van der Waals surface area (Å²) in [5.74, 6) is -1.43. The first-order valence-electron chi connectivity index (χ1n) is 8.65. The van der Waals surface area contributed by atoms with Crippen molar-refractivity contribution in [1.29, 1.82) is 0 Å². The van der Waals surface area contributed by atoms with Crippen LogP contribution in [0.25, 0.3) is 0 Å². The first kappa shape index (κ1) is 20.9. The van der Waals surface area contributed by atoms with E-state index < -0.39 is 23.5 Å². The summed E-state index contributed by atoms with van der Waals surface area (Å²) >= 11 is 0. The average Bonchev–Trinajstić information content (AvgIpc) is 2.51. The van der Waals surface area contributed by atoms with Gasteiger partial charge in [-0.05, 0) is 39.7 Å². The van der Waals surface area contributed by atoms with Crippen molar-refractivity contribution >= 4 is 17.7 Å². The minimum Gasteiger partial charge on any atom is -0.466 e. The first-order valence-corrected chi connectivity index (χ1v) is 8.65. The summed E-state index contributed by atoms with van der Waals surface area (Å²) in [6.45, 7) is 7.39. The number of rotatable bonds is 9. The van der Waals surface area contributed by atoms with Gasteiger partial charge in [-0.1, -0.05) is 30.3 Å². The fourth-order valence-electron chi connectivity index (χ4n) is 2.45. The molecule has 0 radical (unpaired) electrons. The van der Waals surface area contributed by atoms with E-state index in [1.807, 2.05) is 30.3 Å². The van der Waals surface area contributed by atoms with E-state index in [2.05, 4.69) is 0 Å². The molecule has 0 aliphatic rings. The molecular weight excluding hydrogens is 320 g/mol. The Labute approximate surface area is 149 Å². The van der Waals surface area contributed by atoms with E-state index in [1.165, 1.54) is 0 Å². The molecule has 0 bridgehead atoms. The van der Waals surface area contributed by atoms with E-state index in [4.69, 9.17) is 9.47 Å². The quantitative estimate of drug-likeness (QED) is 0.639. The molecule has 0 N–H and O–H groups in total. The Morgan fingerprint density at radius 1 is 1.00 bits per heavy atom. The third-order valence-electron chi connectivity index (χ3n) is 3.49. The highest BCUT2D eigenvalue weighted by atomic mass is 16.6. The Morgan fingerprint density at radius 2 is 1.64 bits per heavy atom. The van der Waals surface area contributed by atoms with E-state index in [9.17, 15) is 14.4 Å². The maximum Gasteiger partial charge on any atom is 0.307 e. The zero-order valence-electron chi connectivity index (χ0n) is 15.5. The fourth-order valence-corrected chi connectivity index (χ4v) is 2.45. The first-order chi connectivity index (χ1) is 11.7. The van der Waals surface area contributed by atoms with Crippen molar-refractivity contribution in [1.82, 2.24) is 0 Å². The van der Waals surface area contributed by atoms with Crippen molar-refractivity contribution in [3.63, 3.8) is 0 Å². The number of ketones is 1. The summed E-state index contributed by atoms with van der Waals surface area (Å²) in [6, 6.07) is 9.52. The predicted molar refractivity (Wildman–Crippen MR) is 95.0 cm³/mol. The van der Waals surface area contributed by atoms with Gasteiger partial charge in [-0.2, -0.15) is 0 Å². The smallest absolute Gasteiger partial charge is 0.307 e. The summed E-state index contributed by atoms with van der Waals surface area (Å²) in [4.78, 5) is 36.2. The molecule has 0 amide bonds. The monoisotopic (exact) mass is 348 g/mol. The van der Waals surface area contributed by atoms with Gasteiger partial charge in [0.05, 0.1) is 19.4 Å². The maximum atomic E-state index is 12.5. The number of Topliss-reactive ketones (excluding diaryl/α,β-unsaturated/α-hetero) is 1. The van der Waals surface area contributed by atoms with Crippen molar-refractivity contribution in [2.45, 2.75) is 59.0 Å². The highest BCUT2D eigenvalue weighted by Crippen LogP contribution is 2.19. The third kappa shape index (κ3) is 9.03. The highest BCUT2D eigenvalue weighted by molar-refractivity contribution is 5.88. The summed E-state index contributed by atoms with van der Waals surface area (Å²) in [7, 11) is 0. The molecule has 1 aromatic carbocycles.